The summed E-state index contributed by atoms with van der Waals surface area (Å²) in [5, 5.41) is 5.30. The second kappa shape index (κ2) is 11.4. The van der Waals surface area contributed by atoms with Crippen LogP contribution in [0.15, 0.2) is 188 Å². The summed E-state index contributed by atoms with van der Waals surface area (Å²) in [6, 6.07) is 56.8. The Morgan fingerprint density at radius 1 is 0.321 bits per heavy atom. The number of hydrogen-bond donors (Lipinski definition) is 0. The Kier molecular flexibility index (Phi) is 6.26. The van der Waals surface area contributed by atoms with Crippen LogP contribution in [0.3, 0.4) is 0 Å². The van der Waals surface area contributed by atoms with Crippen molar-refractivity contribution in [2.45, 2.75) is 0 Å². The van der Waals surface area contributed by atoms with Crippen LogP contribution in [0, 0.1) is 0 Å². The van der Waals surface area contributed by atoms with Gasteiger partial charge in [-0.2, -0.15) is 4.52 Å². The highest BCUT2D eigenvalue weighted by Crippen LogP contribution is 2.39. The quantitative estimate of drug-likeness (QED) is 0.181. The molecule has 0 aliphatic rings. The second-order valence-corrected chi connectivity index (χ2v) is 14.4. The average Bonchev–Trinajstić information content (AvgIpc) is 3.99. The van der Waals surface area contributed by atoms with E-state index in [1.54, 1.807) is 4.52 Å². The number of para-hydroxylation sites is 4. The lowest BCUT2D eigenvalue weighted by Gasteiger charge is -2.08. The van der Waals surface area contributed by atoms with Crippen molar-refractivity contribution >= 4 is 65.7 Å². The topological polar surface area (TPSA) is 69.2 Å². The van der Waals surface area contributed by atoms with Crippen LogP contribution < -0.4 is 11.1 Å². The maximum absolute atomic E-state index is 14.0. The summed E-state index contributed by atoms with van der Waals surface area (Å²) in [6.45, 7) is 0. The molecule has 0 spiro atoms. The van der Waals surface area contributed by atoms with Gasteiger partial charge in [-0.1, -0.05) is 121 Å². The van der Waals surface area contributed by atoms with Crippen molar-refractivity contribution in [2.75, 3.05) is 0 Å². The molecule has 0 aliphatic carbocycles. The first kappa shape index (κ1) is 30.7. The number of aromatic nitrogens is 2. The molecule has 262 valence electrons. The first-order chi connectivity index (χ1) is 27.6. The summed E-state index contributed by atoms with van der Waals surface area (Å²) in [4.78, 5) is 28.1. The van der Waals surface area contributed by atoms with Crippen molar-refractivity contribution < 1.29 is 8.83 Å². The van der Waals surface area contributed by atoms with Gasteiger partial charge in [-0.25, -0.2) is 4.52 Å². The van der Waals surface area contributed by atoms with Crippen LogP contribution in [-0.2, 0) is 0 Å². The van der Waals surface area contributed by atoms with Gasteiger partial charge in [0.1, 0.15) is 22.3 Å². The van der Waals surface area contributed by atoms with E-state index in [0.717, 1.165) is 88.4 Å². The summed E-state index contributed by atoms with van der Waals surface area (Å²) in [7, 11) is 0. The molecule has 0 bridgehead atoms. The van der Waals surface area contributed by atoms with Gasteiger partial charge >= 0.3 is 0 Å². The van der Waals surface area contributed by atoms with Crippen LogP contribution in [0.2, 0.25) is 0 Å². The van der Waals surface area contributed by atoms with Crippen LogP contribution in [0.5, 0.6) is 0 Å². The summed E-state index contributed by atoms with van der Waals surface area (Å²) < 4.78 is 15.7. The Hall–Kier alpha value is -7.70. The molecule has 12 aromatic rings. The molecule has 6 heteroatoms. The summed E-state index contributed by atoms with van der Waals surface area (Å²) in [5.41, 5.74) is 11.8. The zero-order valence-corrected chi connectivity index (χ0v) is 29.7. The molecule has 6 nitrogen and oxygen atoms in total. The highest BCUT2D eigenvalue weighted by atomic mass is 16.3. The van der Waals surface area contributed by atoms with E-state index in [2.05, 4.69) is 72.8 Å². The maximum Gasteiger partial charge on any atom is 0.282 e. The zero-order chi connectivity index (χ0) is 37.1. The number of hydrogen-bond acceptors (Lipinski definition) is 4. The van der Waals surface area contributed by atoms with E-state index in [4.69, 9.17) is 8.83 Å². The molecule has 0 unspecified atom stereocenters. The Morgan fingerprint density at radius 2 is 0.732 bits per heavy atom. The Labute approximate surface area is 317 Å². The zero-order valence-electron chi connectivity index (χ0n) is 29.7. The van der Waals surface area contributed by atoms with Gasteiger partial charge in [0, 0.05) is 32.7 Å². The molecule has 0 radical (unpaired) electrons. The smallest absolute Gasteiger partial charge is 0.282 e. The van der Waals surface area contributed by atoms with E-state index in [-0.39, 0.29) is 11.1 Å². The molecule has 0 aliphatic heterocycles. The molecule has 0 saturated carbocycles. The fourth-order valence-corrected chi connectivity index (χ4v) is 8.67. The van der Waals surface area contributed by atoms with Crippen molar-refractivity contribution in [3.05, 3.63) is 191 Å². The minimum Gasteiger partial charge on any atom is -0.455 e. The van der Waals surface area contributed by atoms with E-state index in [0.29, 0.717) is 21.8 Å². The van der Waals surface area contributed by atoms with E-state index in [9.17, 15) is 9.59 Å². The van der Waals surface area contributed by atoms with Crippen molar-refractivity contribution in [3.8, 4) is 44.5 Å². The molecule has 4 aromatic heterocycles. The van der Waals surface area contributed by atoms with Gasteiger partial charge in [-0.15, -0.1) is 0 Å². The Balaban J connectivity index is 0.937. The number of benzene rings is 8. The maximum atomic E-state index is 14.0. The number of nitrogens with zero attached hydrogens (tertiary/aromatic N) is 2. The van der Waals surface area contributed by atoms with Crippen LogP contribution >= 0.6 is 0 Å². The largest absolute Gasteiger partial charge is 0.455 e. The number of rotatable bonds is 4. The highest BCUT2D eigenvalue weighted by Gasteiger charge is 2.20. The van der Waals surface area contributed by atoms with Crippen LogP contribution in [0.25, 0.3) is 110 Å². The van der Waals surface area contributed by atoms with Gasteiger partial charge in [0.15, 0.2) is 0 Å². The van der Waals surface area contributed by atoms with Gasteiger partial charge < -0.3 is 8.83 Å². The SMILES string of the molecule is O=c1c2cc(-c3cccc(-c4cccc5c4oc4ccccc45)c3)ccc2n2c3ccc(-c4cccc(-c5cccc6c5oc5ccccc56)c4)cc3c(=O)n12. The lowest BCUT2D eigenvalue weighted by molar-refractivity contribution is 0.669. The molecule has 56 heavy (non-hydrogen) atoms. The third-order valence-corrected chi connectivity index (χ3v) is 11.3. The monoisotopic (exact) mass is 720 g/mol. The van der Waals surface area contributed by atoms with Crippen molar-refractivity contribution in [1.82, 2.24) is 9.03 Å². The third kappa shape index (κ3) is 4.32. The molecule has 0 atom stereocenters. The van der Waals surface area contributed by atoms with E-state index < -0.39 is 0 Å². The number of fused-ring (bicyclic) bond motifs is 11. The molecule has 8 aromatic carbocycles. The van der Waals surface area contributed by atoms with Crippen molar-refractivity contribution in [2.24, 2.45) is 0 Å². The third-order valence-electron chi connectivity index (χ3n) is 11.3. The summed E-state index contributed by atoms with van der Waals surface area (Å²) in [5.74, 6) is 0. The fraction of sp³-hybridized carbons (Fsp3) is 0. The van der Waals surface area contributed by atoms with Crippen LogP contribution in [0.1, 0.15) is 0 Å². The highest BCUT2D eigenvalue weighted by molar-refractivity contribution is 6.11. The number of furan rings is 2. The second-order valence-electron chi connectivity index (χ2n) is 14.4. The molecule has 12 rings (SSSR count). The molecule has 0 N–H and O–H groups in total. The molecule has 4 heterocycles. The van der Waals surface area contributed by atoms with Gasteiger partial charge in [-0.05, 0) is 81.9 Å². The van der Waals surface area contributed by atoms with Crippen LogP contribution in [-0.4, -0.2) is 9.03 Å². The van der Waals surface area contributed by atoms with Crippen molar-refractivity contribution in [3.63, 3.8) is 0 Å². The van der Waals surface area contributed by atoms with Crippen molar-refractivity contribution in [1.29, 1.82) is 0 Å². The van der Waals surface area contributed by atoms with Crippen LogP contribution in [0.4, 0.5) is 0 Å². The lowest BCUT2D eigenvalue weighted by Crippen LogP contribution is -2.21. The molecular weight excluding hydrogens is 693 g/mol. The van der Waals surface area contributed by atoms with Gasteiger partial charge in [0.25, 0.3) is 11.1 Å². The molecule has 0 fully saturated rings. The minimum atomic E-state index is -0.339. The first-order valence-electron chi connectivity index (χ1n) is 18.6. The summed E-state index contributed by atoms with van der Waals surface area (Å²) >= 11 is 0. The predicted molar refractivity (Wildman–Crippen MR) is 226 cm³/mol. The molecule has 0 amide bonds. The Morgan fingerprint density at radius 3 is 1.23 bits per heavy atom. The van der Waals surface area contributed by atoms with Gasteiger partial charge in [0.05, 0.1) is 21.8 Å². The normalized spacial score (nSPS) is 12.1. The lowest BCUT2D eigenvalue weighted by atomic mass is 9.97. The van der Waals surface area contributed by atoms with E-state index in [1.165, 1.54) is 4.52 Å². The molecule has 0 saturated heterocycles. The van der Waals surface area contributed by atoms with E-state index in [1.807, 2.05) is 97.1 Å². The van der Waals surface area contributed by atoms with Gasteiger partial charge in [0.2, 0.25) is 0 Å². The van der Waals surface area contributed by atoms with Gasteiger partial charge in [-0.3, -0.25) is 9.59 Å². The first-order valence-corrected chi connectivity index (χ1v) is 18.6. The summed E-state index contributed by atoms with van der Waals surface area (Å²) in [6.07, 6.45) is 0. The van der Waals surface area contributed by atoms with E-state index >= 15 is 0 Å². The predicted octanol–water partition coefficient (Wildman–Crippen LogP) is 12.0. The fourth-order valence-electron chi connectivity index (χ4n) is 8.67. The standard InChI is InChI=1S/C50H28N2O4/c53-49-41-27-31(29-9-5-11-33(25-29)35-15-7-17-39-37-13-1-3-19-45(37)55-47(35)39)21-23-43(41)51-44-24-22-32(28-42(44)50(54)52(49)51)30-10-6-12-34(26-30)36-16-8-18-40-38-14-2-4-20-46(38)56-48(36)40/h1-28H. The average molecular weight is 721 g/mol. The minimum absolute atomic E-state index is 0.339. The Bertz CT molecular complexity index is 3470. The molecular formula is C50H28N2O4.